The van der Waals surface area contributed by atoms with E-state index in [2.05, 4.69) is 24.5 Å². The first kappa shape index (κ1) is 23.0. The van der Waals surface area contributed by atoms with E-state index in [9.17, 15) is 14.4 Å². The maximum Gasteiger partial charge on any atom is 0.255 e. The van der Waals surface area contributed by atoms with Gasteiger partial charge in [-0.15, -0.1) is 0 Å². The van der Waals surface area contributed by atoms with E-state index in [-0.39, 0.29) is 17.7 Å². The van der Waals surface area contributed by atoms with Gasteiger partial charge < -0.3 is 15.5 Å². The molecule has 1 aliphatic rings. The summed E-state index contributed by atoms with van der Waals surface area (Å²) >= 11 is 0. The van der Waals surface area contributed by atoms with E-state index < -0.39 is 6.04 Å². The Morgan fingerprint density at radius 3 is 2.62 bits per heavy atom. The Morgan fingerprint density at radius 2 is 1.88 bits per heavy atom. The second-order valence-corrected chi connectivity index (χ2v) is 8.36. The number of rotatable bonds is 7. The van der Waals surface area contributed by atoms with Gasteiger partial charge in [-0.2, -0.15) is 5.26 Å². The molecule has 2 aromatic rings. The zero-order valence-electron chi connectivity index (χ0n) is 18.4. The molecule has 0 radical (unpaired) electrons. The lowest BCUT2D eigenvalue weighted by Gasteiger charge is -2.24. The van der Waals surface area contributed by atoms with E-state index in [0.29, 0.717) is 47.8 Å². The standard InChI is InChI=1S/C25H28N4O3/c1-17(2)11-12-27-24(31)22-10-5-13-29(22)25(32)20-8-4-9-21(15-20)28-23(30)19-7-3-6-18(14-19)16-26/h3-4,6-9,14-15,17,22H,5,10-13H2,1-2H3,(H,27,31)(H,28,30). The number of hydrogen-bond donors (Lipinski definition) is 2. The van der Waals surface area contributed by atoms with E-state index in [0.717, 1.165) is 12.8 Å². The zero-order chi connectivity index (χ0) is 23.1. The van der Waals surface area contributed by atoms with Crippen molar-refractivity contribution in [3.63, 3.8) is 0 Å². The summed E-state index contributed by atoms with van der Waals surface area (Å²) in [6.07, 6.45) is 2.32. The number of likely N-dealkylation sites (tertiary alicyclic amines) is 1. The van der Waals surface area contributed by atoms with E-state index in [1.54, 1.807) is 47.4 Å². The molecule has 3 rings (SSSR count). The molecule has 1 atom stereocenters. The van der Waals surface area contributed by atoms with Crippen LogP contribution >= 0.6 is 0 Å². The summed E-state index contributed by atoms with van der Waals surface area (Å²) in [6.45, 7) is 5.33. The van der Waals surface area contributed by atoms with Crippen LogP contribution in [0.5, 0.6) is 0 Å². The van der Waals surface area contributed by atoms with Crippen molar-refractivity contribution < 1.29 is 14.4 Å². The van der Waals surface area contributed by atoms with Crippen molar-refractivity contribution in [3.8, 4) is 6.07 Å². The van der Waals surface area contributed by atoms with E-state index in [1.165, 1.54) is 6.07 Å². The summed E-state index contributed by atoms with van der Waals surface area (Å²) in [5.74, 6) is -0.209. The summed E-state index contributed by atoms with van der Waals surface area (Å²) in [7, 11) is 0. The minimum absolute atomic E-state index is 0.113. The Hall–Kier alpha value is -3.66. The molecule has 32 heavy (non-hydrogen) atoms. The molecule has 7 nitrogen and oxygen atoms in total. The van der Waals surface area contributed by atoms with Gasteiger partial charge in [0, 0.05) is 29.9 Å². The molecule has 0 saturated carbocycles. The topological polar surface area (TPSA) is 102 Å². The van der Waals surface area contributed by atoms with Crippen molar-refractivity contribution in [3.05, 3.63) is 65.2 Å². The van der Waals surface area contributed by atoms with Crippen LogP contribution in [0.4, 0.5) is 5.69 Å². The van der Waals surface area contributed by atoms with Crippen LogP contribution in [0.3, 0.4) is 0 Å². The van der Waals surface area contributed by atoms with Crippen LogP contribution in [0.25, 0.3) is 0 Å². The molecule has 1 unspecified atom stereocenters. The lowest BCUT2D eigenvalue weighted by molar-refractivity contribution is -0.124. The second-order valence-electron chi connectivity index (χ2n) is 8.36. The Kier molecular flexibility index (Phi) is 7.61. The third-order valence-corrected chi connectivity index (χ3v) is 5.46. The van der Waals surface area contributed by atoms with E-state index in [1.807, 2.05) is 6.07 Å². The van der Waals surface area contributed by atoms with Crippen molar-refractivity contribution in [1.29, 1.82) is 5.26 Å². The first-order valence-corrected chi connectivity index (χ1v) is 10.9. The monoisotopic (exact) mass is 432 g/mol. The van der Waals surface area contributed by atoms with Gasteiger partial charge in [0.05, 0.1) is 11.6 Å². The molecule has 1 fully saturated rings. The SMILES string of the molecule is CC(C)CCNC(=O)C1CCCN1C(=O)c1cccc(NC(=O)c2cccc(C#N)c2)c1. The van der Waals surface area contributed by atoms with Gasteiger partial charge >= 0.3 is 0 Å². The van der Waals surface area contributed by atoms with Crippen LogP contribution in [-0.2, 0) is 4.79 Å². The van der Waals surface area contributed by atoms with Crippen molar-refractivity contribution in [2.24, 2.45) is 5.92 Å². The molecule has 1 saturated heterocycles. The molecule has 0 aromatic heterocycles. The lowest BCUT2D eigenvalue weighted by atomic mass is 10.1. The molecule has 0 aliphatic carbocycles. The Balaban J connectivity index is 1.68. The molecule has 166 valence electrons. The summed E-state index contributed by atoms with van der Waals surface area (Å²) in [6, 6.07) is 14.6. The minimum atomic E-state index is -0.471. The van der Waals surface area contributed by atoms with Gasteiger partial charge in [0.25, 0.3) is 11.8 Å². The van der Waals surface area contributed by atoms with E-state index >= 15 is 0 Å². The molecule has 0 spiro atoms. The average molecular weight is 433 g/mol. The largest absolute Gasteiger partial charge is 0.354 e. The fraction of sp³-hybridized carbons (Fsp3) is 0.360. The third-order valence-electron chi connectivity index (χ3n) is 5.46. The number of amides is 3. The van der Waals surface area contributed by atoms with Crippen LogP contribution in [0.15, 0.2) is 48.5 Å². The number of carbonyl (C=O) groups excluding carboxylic acids is 3. The Labute approximate surface area is 188 Å². The second kappa shape index (κ2) is 10.6. The van der Waals surface area contributed by atoms with Gasteiger partial charge in [0.1, 0.15) is 6.04 Å². The summed E-state index contributed by atoms with van der Waals surface area (Å²) in [5, 5.41) is 14.7. The van der Waals surface area contributed by atoms with Crippen LogP contribution in [0.2, 0.25) is 0 Å². The highest BCUT2D eigenvalue weighted by Crippen LogP contribution is 2.22. The van der Waals surface area contributed by atoms with Gasteiger partial charge in [-0.25, -0.2) is 0 Å². The van der Waals surface area contributed by atoms with Crippen molar-refractivity contribution in [1.82, 2.24) is 10.2 Å². The Morgan fingerprint density at radius 1 is 1.12 bits per heavy atom. The first-order valence-electron chi connectivity index (χ1n) is 10.9. The average Bonchev–Trinajstić information content (AvgIpc) is 3.28. The minimum Gasteiger partial charge on any atom is -0.354 e. The molecular formula is C25H28N4O3. The van der Waals surface area contributed by atoms with E-state index in [4.69, 9.17) is 5.26 Å². The summed E-state index contributed by atoms with van der Waals surface area (Å²) in [5.41, 5.74) is 1.64. The normalized spacial score (nSPS) is 15.3. The number of nitriles is 1. The highest BCUT2D eigenvalue weighted by atomic mass is 16.2. The number of nitrogens with zero attached hydrogens (tertiary/aromatic N) is 2. The number of nitrogens with one attached hydrogen (secondary N) is 2. The van der Waals surface area contributed by atoms with Crippen molar-refractivity contribution in [2.45, 2.75) is 39.2 Å². The maximum atomic E-state index is 13.1. The van der Waals surface area contributed by atoms with Crippen LogP contribution in [0, 0.1) is 17.2 Å². The predicted octanol–water partition coefficient (Wildman–Crippen LogP) is 3.58. The van der Waals surface area contributed by atoms with Gasteiger partial charge in [0.2, 0.25) is 5.91 Å². The predicted molar refractivity (Wildman–Crippen MR) is 122 cm³/mol. The molecule has 1 heterocycles. The third kappa shape index (κ3) is 5.73. The van der Waals surface area contributed by atoms with Crippen LogP contribution < -0.4 is 10.6 Å². The van der Waals surface area contributed by atoms with Gasteiger partial charge in [-0.05, 0) is 61.6 Å². The fourth-order valence-electron chi connectivity index (χ4n) is 3.71. The summed E-state index contributed by atoms with van der Waals surface area (Å²) < 4.78 is 0. The van der Waals surface area contributed by atoms with Gasteiger partial charge in [-0.3, -0.25) is 14.4 Å². The Bertz CT molecular complexity index is 1040. The number of anilines is 1. The molecule has 7 heteroatoms. The maximum absolute atomic E-state index is 13.1. The molecule has 3 amide bonds. The molecule has 0 bridgehead atoms. The zero-order valence-corrected chi connectivity index (χ0v) is 18.4. The first-order chi connectivity index (χ1) is 15.4. The molecule has 2 aromatic carbocycles. The highest BCUT2D eigenvalue weighted by Gasteiger charge is 2.34. The smallest absolute Gasteiger partial charge is 0.255 e. The highest BCUT2D eigenvalue weighted by molar-refractivity contribution is 6.05. The van der Waals surface area contributed by atoms with Crippen molar-refractivity contribution in [2.75, 3.05) is 18.4 Å². The number of benzene rings is 2. The number of carbonyl (C=O) groups is 3. The quantitative estimate of drug-likeness (QED) is 0.698. The van der Waals surface area contributed by atoms with Crippen molar-refractivity contribution >= 4 is 23.4 Å². The fourth-order valence-corrected chi connectivity index (χ4v) is 3.71. The van der Waals surface area contributed by atoms with Crippen LogP contribution in [0.1, 0.15) is 59.4 Å². The summed E-state index contributed by atoms with van der Waals surface area (Å²) in [4.78, 5) is 39.9. The van der Waals surface area contributed by atoms with Gasteiger partial charge in [-0.1, -0.05) is 26.0 Å². The molecular weight excluding hydrogens is 404 g/mol. The molecule has 2 N–H and O–H groups in total. The number of hydrogen-bond acceptors (Lipinski definition) is 4. The molecule has 1 aliphatic heterocycles. The van der Waals surface area contributed by atoms with Crippen LogP contribution in [-0.4, -0.2) is 41.8 Å². The lowest BCUT2D eigenvalue weighted by Crippen LogP contribution is -2.46. The van der Waals surface area contributed by atoms with Gasteiger partial charge in [0.15, 0.2) is 0 Å².